The zero-order chi connectivity index (χ0) is 29.3. The first kappa shape index (κ1) is 27.7. The van der Waals surface area contributed by atoms with Gasteiger partial charge in [-0.25, -0.2) is 9.18 Å². The van der Waals surface area contributed by atoms with Crippen LogP contribution < -0.4 is 24.4 Å². The van der Waals surface area contributed by atoms with Crippen molar-refractivity contribution < 1.29 is 28.2 Å². The molecule has 1 aliphatic rings. The minimum absolute atomic E-state index is 0.0275. The lowest BCUT2D eigenvalue weighted by atomic mass is 9.91. The van der Waals surface area contributed by atoms with Gasteiger partial charge in [0.2, 0.25) is 0 Å². The fourth-order valence-corrected chi connectivity index (χ4v) is 5.01. The van der Waals surface area contributed by atoms with E-state index in [1.165, 1.54) is 12.1 Å². The summed E-state index contributed by atoms with van der Waals surface area (Å²) in [5.41, 5.74) is 3.78. The number of ether oxygens (including phenoxy) is 3. The average Bonchev–Trinajstić information content (AvgIpc) is 2.96. The molecule has 4 aromatic rings. The number of likely N-dealkylation sites (N-methyl/N-ethyl adjacent to an activating group) is 1. The Bertz CT molecular complexity index is 1630. The fraction of sp³-hybridized carbons (Fsp3) is 0.212. The Kier molecular flexibility index (Phi) is 7.41. The molecule has 0 saturated carbocycles. The van der Waals surface area contributed by atoms with Gasteiger partial charge < -0.3 is 24.4 Å². The Morgan fingerprint density at radius 1 is 0.951 bits per heavy atom. The lowest BCUT2D eigenvalue weighted by Crippen LogP contribution is -2.52. The van der Waals surface area contributed by atoms with Crippen LogP contribution in [0.5, 0.6) is 17.2 Å². The van der Waals surface area contributed by atoms with Gasteiger partial charge in [0.25, 0.3) is 5.91 Å². The summed E-state index contributed by atoms with van der Waals surface area (Å²) in [6, 6.07) is 22.0. The summed E-state index contributed by atoms with van der Waals surface area (Å²) in [6.45, 7) is 5.51. The van der Waals surface area contributed by atoms with Gasteiger partial charge in [-0.15, -0.1) is 0 Å². The van der Waals surface area contributed by atoms with Gasteiger partial charge >= 0.3 is 5.97 Å². The number of benzene rings is 4. The van der Waals surface area contributed by atoms with E-state index in [9.17, 15) is 14.0 Å². The number of anilines is 2. The maximum Gasteiger partial charge on any atom is 0.343 e. The zero-order valence-corrected chi connectivity index (χ0v) is 23.6. The summed E-state index contributed by atoms with van der Waals surface area (Å²) in [5.74, 6) is 0.224. The lowest BCUT2D eigenvalue weighted by molar-refractivity contribution is -0.121. The van der Waals surface area contributed by atoms with Crippen molar-refractivity contribution in [2.75, 3.05) is 24.4 Å². The number of nitrogens with one attached hydrogen (secondary N) is 1. The third kappa shape index (κ3) is 5.45. The summed E-state index contributed by atoms with van der Waals surface area (Å²) in [6.07, 6.45) is 0. The van der Waals surface area contributed by atoms with Crippen molar-refractivity contribution in [1.82, 2.24) is 0 Å². The van der Waals surface area contributed by atoms with Crippen LogP contribution in [0.1, 0.15) is 35.3 Å². The second-order valence-corrected chi connectivity index (χ2v) is 10.4. The van der Waals surface area contributed by atoms with Crippen molar-refractivity contribution in [3.8, 4) is 28.4 Å². The average molecular weight is 555 g/mol. The van der Waals surface area contributed by atoms with Crippen LogP contribution in [-0.4, -0.2) is 31.6 Å². The Hall–Kier alpha value is -4.85. The van der Waals surface area contributed by atoms with E-state index >= 15 is 0 Å². The number of carbonyl (C=O) groups is 2. The molecule has 4 aromatic carbocycles. The first-order valence-corrected chi connectivity index (χ1v) is 13.2. The molecular weight excluding hydrogens is 523 g/mol. The van der Waals surface area contributed by atoms with Crippen molar-refractivity contribution >= 4 is 23.3 Å². The van der Waals surface area contributed by atoms with Gasteiger partial charge in [-0.3, -0.25) is 4.79 Å². The van der Waals surface area contributed by atoms with Crippen molar-refractivity contribution in [3.63, 3.8) is 0 Å². The zero-order valence-electron chi connectivity index (χ0n) is 23.6. The van der Waals surface area contributed by atoms with Crippen LogP contribution in [0, 0.1) is 12.7 Å². The number of nitrogens with zero attached hydrogens (tertiary/aromatic N) is 1. The fourth-order valence-electron chi connectivity index (χ4n) is 5.01. The lowest BCUT2D eigenvalue weighted by Gasteiger charge is -2.39. The summed E-state index contributed by atoms with van der Waals surface area (Å²) >= 11 is 0. The summed E-state index contributed by atoms with van der Waals surface area (Å²) in [5, 5.41) is 3.33. The molecule has 5 rings (SSSR count). The second kappa shape index (κ2) is 11.0. The number of methoxy groups -OCH3 is 1. The molecule has 0 spiro atoms. The highest BCUT2D eigenvalue weighted by atomic mass is 19.1. The molecule has 1 heterocycles. The van der Waals surface area contributed by atoms with E-state index in [1.54, 1.807) is 67.6 Å². The SMILES string of the molecule is COc1ccc(OC(=O)c2ccccc2)cc1-c1ccc2c(c1COc1cc(F)ccc1C)N(C)C(=O)C(C)(C)N2. The molecule has 0 radical (unpaired) electrons. The van der Waals surface area contributed by atoms with Crippen LogP contribution in [-0.2, 0) is 11.4 Å². The Morgan fingerprint density at radius 3 is 2.44 bits per heavy atom. The summed E-state index contributed by atoms with van der Waals surface area (Å²) in [7, 11) is 3.28. The predicted molar refractivity (Wildman–Crippen MR) is 156 cm³/mol. The number of amides is 1. The van der Waals surface area contributed by atoms with E-state index in [1.807, 2.05) is 39.0 Å². The molecule has 7 nitrogen and oxygen atoms in total. The third-order valence-electron chi connectivity index (χ3n) is 7.11. The largest absolute Gasteiger partial charge is 0.496 e. The maximum absolute atomic E-state index is 14.1. The van der Waals surface area contributed by atoms with E-state index in [-0.39, 0.29) is 12.5 Å². The normalized spacial score (nSPS) is 13.7. The maximum atomic E-state index is 14.1. The summed E-state index contributed by atoms with van der Waals surface area (Å²) < 4.78 is 31.6. The third-order valence-corrected chi connectivity index (χ3v) is 7.11. The molecule has 0 atom stereocenters. The van der Waals surface area contributed by atoms with Crippen molar-refractivity contribution in [2.45, 2.75) is 32.9 Å². The highest BCUT2D eigenvalue weighted by Gasteiger charge is 2.38. The monoisotopic (exact) mass is 554 g/mol. The number of fused-ring (bicyclic) bond motifs is 1. The van der Waals surface area contributed by atoms with E-state index in [0.717, 1.165) is 11.3 Å². The van der Waals surface area contributed by atoms with Crippen molar-refractivity contribution in [3.05, 3.63) is 101 Å². The molecule has 1 amide bonds. The second-order valence-electron chi connectivity index (χ2n) is 10.4. The topological polar surface area (TPSA) is 77.1 Å². The number of carbonyl (C=O) groups excluding carboxylic acids is 2. The Labute approximate surface area is 238 Å². The minimum Gasteiger partial charge on any atom is -0.496 e. The van der Waals surface area contributed by atoms with Gasteiger partial charge in [0.05, 0.1) is 24.0 Å². The van der Waals surface area contributed by atoms with Gasteiger partial charge in [0, 0.05) is 24.2 Å². The number of aryl methyl sites for hydroxylation is 1. The molecular formula is C33H31FN2O5. The molecule has 0 aliphatic carbocycles. The molecule has 0 aromatic heterocycles. The minimum atomic E-state index is -0.816. The Morgan fingerprint density at radius 2 is 1.71 bits per heavy atom. The molecule has 41 heavy (non-hydrogen) atoms. The van der Waals surface area contributed by atoms with Crippen molar-refractivity contribution in [2.24, 2.45) is 0 Å². The standard InChI is InChI=1S/C33H31FN2O5/c1-20-11-12-22(34)17-29(20)40-19-26-24(14-15-27-30(26)36(4)32(38)33(2,3)35-27)25-18-23(13-16-28(25)39-5)41-31(37)21-9-7-6-8-10-21/h6-18,35H,19H2,1-5H3. The highest BCUT2D eigenvalue weighted by molar-refractivity contribution is 6.09. The van der Waals surface area contributed by atoms with Crippen LogP contribution in [0.25, 0.3) is 11.1 Å². The smallest absolute Gasteiger partial charge is 0.343 e. The number of hydrogen-bond donors (Lipinski definition) is 1. The van der Waals surface area contributed by atoms with Gasteiger partial charge in [0.1, 0.15) is 35.2 Å². The Balaban J connectivity index is 1.62. The number of esters is 1. The highest BCUT2D eigenvalue weighted by Crippen LogP contribution is 2.45. The van der Waals surface area contributed by atoms with E-state index in [2.05, 4.69) is 5.32 Å². The van der Waals surface area contributed by atoms with E-state index < -0.39 is 17.3 Å². The quantitative estimate of drug-likeness (QED) is 0.201. The van der Waals surface area contributed by atoms with E-state index in [0.29, 0.717) is 45.2 Å². The molecule has 0 saturated heterocycles. The van der Waals surface area contributed by atoms with Crippen LogP contribution in [0.15, 0.2) is 78.9 Å². The van der Waals surface area contributed by atoms with Crippen LogP contribution in [0.3, 0.4) is 0 Å². The van der Waals surface area contributed by atoms with Crippen LogP contribution >= 0.6 is 0 Å². The molecule has 0 fully saturated rings. The molecule has 1 N–H and O–H groups in total. The molecule has 210 valence electrons. The van der Waals surface area contributed by atoms with Crippen LogP contribution in [0.2, 0.25) is 0 Å². The van der Waals surface area contributed by atoms with Gasteiger partial charge in [-0.05, 0) is 74.4 Å². The molecule has 8 heteroatoms. The number of hydrogen-bond acceptors (Lipinski definition) is 6. The number of halogens is 1. The van der Waals surface area contributed by atoms with Crippen molar-refractivity contribution in [1.29, 1.82) is 0 Å². The van der Waals surface area contributed by atoms with Crippen LogP contribution in [0.4, 0.5) is 15.8 Å². The number of rotatable bonds is 7. The molecule has 0 unspecified atom stereocenters. The van der Waals surface area contributed by atoms with E-state index in [4.69, 9.17) is 14.2 Å². The predicted octanol–water partition coefficient (Wildman–Crippen LogP) is 6.77. The molecule has 1 aliphatic heterocycles. The van der Waals surface area contributed by atoms with Gasteiger partial charge in [-0.2, -0.15) is 0 Å². The molecule has 0 bridgehead atoms. The first-order chi connectivity index (χ1) is 19.6. The van der Waals surface area contributed by atoms with Gasteiger partial charge in [-0.1, -0.05) is 30.3 Å². The summed E-state index contributed by atoms with van der Waals surface area (Å²) in [4.78, 5) is 27.7. The van der Waals surface area contributed by atoms with Gasteiger partial charge in [0.15, 0.2) is 0 Å². The first-order valence-electron chi connectivity index (χ1n) is 13.2.